The van der Waals surface area contributed by atoms with Gasteiger partial charge in [-0.1, -0.05) is 24.3 Å². The number of fused-ring (bicyclic) bond motifs is 4. The molecule has 4 bridgehead atoms. The van der Waals surface area contributed by atoms with Crippen molar-refractivity contribution in [2.45, 2.75) is 57.8 Å². The molecule has 0 amide bonds. The zero-order valence-corrected chi connectivity index (χ0v) is 15.3. The van der Waals surface area contributed by atoms with Gasteiger partial charge in [-0.2, -0.15) is 0 Å². The third-order valence-corrected chi connectivity index (χ3v) is 7.61. The Kier molecular flexibility index (Phi) is 4.70. The maximum Gasteiger partial charge on any atom is 0.0476 e. The van der Waals surface area contributed by atoms with Crippen LogP contribution in [0.15, 0.2) is 24.3 Å². The molecular weight excluding hydrogens is 328 g/mol. The van der Waals surface area contributed by atoms with Gasteiger partial charge >= 0.3 is 0 Å². The van der Waals surface area contributed by atoms with E-state index in [0.29, 0.717) is 61.2 Å². The minimum Gasteiger partial charge on any atom is -0.550 e. The Labute approximate surface area is 155 Å². The van der Waals surface area contributed by atoms with Crippen LogP contribution >= 0.6 is 0 Å². The largest absolute Gasteiger partial charge is 0.550 e. The normalized spacial score (nSPS) is 38.8. The van der Waals surface area contributed by atoms with Crippen molar-refractivity contribution >= 4 is 11.9 Å². The Morgan fingerprint density at radius 1 is 0.846 bits per heavy atom. The molecule has 0 aromatic rings. The van der Waals surface area contributed by atoms with E-state index in [9.17, 15) is 19.8 Å². The molecule has 0 saturated heterocycles. The van der Waals surface area contributed by atoms with Crippen LogP contribution in [0.3, 0.4) is 0 Å². The Morgan fingerprint density at radius 2 is 1.38 bits per heavy atom. The first-order valence-corrected chi connectivity index (χ1v) is 10.2. The highest BCUT2D eigenvalue weighted by Gasteiger charge is 2.46. The second kappa shape index (κ2) is 6.86. The fraction of sp³-hybridized carbons (Fsp3) is 0.727. The molecule has 2 fully saturated rings. The van der Waals surface area contributed by atoms with Crippen LogP contribution in [-0.2, 0) is 9.59 Å². The number of carbonyl (C=O) groups excluding carboxylic acids is 2. The van der Waals surface area contributed by atoms with Crippen molar-refractivity contribution in [1.82, 2.24) is 0 Å². The predicted octanol–water partition coefficient (Wildman–Crippen LogP) is 1.85. The SMILES string of the molecule is O=C([O-])CCCC(CC1CC2C=CC1C2)(CC1CC2C=CC1C2)C(=O)[O-]. The summed E-state index contributed by atoms with van der Waals surface area (Å²) in [5.41, 5.74) is -0.887. The number of aliphatic carboxylic acids is 2. The van der Waals surface area contributed by atoms with Gasteiger partial charge in [0, 0.05) is 17.4 Å². The third kappa shape index (κ3) is 3.35. The Morgan fingerprint density at radius 3 is 1.73 bits per heavy atom. The average molecular weight is 356 g/mol. The quantitative estimate of drug-likeness (QED) is 0.591. The lowest BCUT2D eigenvalue weighted by molar-refractivity contribution is -0.322. The highest BCUT2D eigenvalue weighted by Crippen LogP contribution is 2.54. The maximum atomic E-state index is 12.4. The Balaban J connectivity index is 1.51. The first-order chi connectivity index (χ1) is 12.4. The summed E-state index contributed by atoms with van der Waals surface area (Å²) >= 11 is 0. The van der Waals surface area contributed by atoms with Gasteiger partial charge in [0.2, 0.25) is 0 Å². The fourth-order valence-electron chi connectivity index (χ4n) is 6.39. The van der Waals surface area contributed by atoms with Gasteiger partial charge in [-0.15, -0.1) is 0 Å². The van der Waals surface area contributed by atoms with E-state index >= 15 is 0 Å². The number of carboxylic acids is 2. The van der Waals surface area contributed by atoms with Crippen molar-refractivity contribution < 1.29 is 19.8 Å². The number of rotatable bonds is 9. The molecule has 4 aliphatic rings. The molecule has 0 N–H and O–H groups in total. The van der Waals surface area contributed by atoms with Crippen molar-refractivity contribution in [2.75, 3.05) is 0 Å². The monoisotopic (exact) mass is 356 g/mol. The van der Waals surface area contributed by atoms with E-state index in [1.807, 2.05) is 0 Å². The van der Waals surface area contributed by atoms with Gasteiger partial charge in [-0.3, -0.25) is 0 Å². The fourth-order valence-corrected chi connectivity index (χ4v) is 6.39. The van der Waals surface area contributed by atoms with Crippen molar-refractivity contribution in [2.24, 2.45) is 40.9 Å². The highest BCUT2D eigenvalue weighted by atomic mass is 16.4. The molecule has 0 radical (unpaired) electrons. The summed E-state index contributed by atoms with van der Waals surface area (Å²) in [6.45, 7) is 0. The number of hydrogen-bond donors (Lipinski definition) is 0. The molecule has 4 aliphatic carbocycles. The second-order valence-electron chi connectivity index (χ2n) is 9.28. The van der Waals surface area contributed by atoms with Crippen LogP contribution in [0.5, 0.6) is 0 Å². The average Bonchev–Trinajstić information content (AvgIpc) is 3.35. The zero-order valence-electron chi connectivity index (χ0n) is 15.3. The summed E-state index contributed by atoms with van der Waals surface area (Å²) < 4.78 is 0. The van der Waals surface area contributed by atoms with E-state index in [1.165, 1.54) is 0 Å². The van der Waals surface area contributed by atoms with Gasteiger partial charge in [0.05, 0.1) is 0 Å². The van der Waals surface area contributed by atoms with Crippen LogP contribution in [-0.4, -0.2) is 11.9 Å². The molecule has 0 heterocycles. The molecule has 4 heteroatoms. The molecule has 2 saturated carbocycles. The second-order valence-corrected chi connectivity index (χ2v) is 9.28. The lowest BCUT2D eigenvalue weighted by atomic mass is 9.66. The van der Waals surface area contributed by atoms with Crippen molar-refractivity contribution in [3.05, 3.63) is 24.3 Å². The molecule has 0 aromatic carbocycles. The Hall–Kier alpha value is -1.58. The molecule has 0 aliphatic heterocycles. The van der Waals surface area contributed by atoms with E-state index in [1.54, 1.807) is 0 Å². The van der Waals surface area contributed by atoms with Gasteiger partial charge in [-0.05, 0) is 93.3 Å². The van der Waals surface area contributed by atoms with Crippen LogP contribution in [0.2, 0.25) is 0 Å². The predicted molar refractivity (Wildman–Crippen MR) is 93.2 cm³/mol. The number of hydrogen-bond acceptors (Lipinski definition) is 4. The molecule has 4 nitrogen and oxygen atoms in total. The standard InChI is InChI=1S/C22H30O4/c23-20(24)2-1-7-22(21(25)26,12-18-10-14-3-5-16(18)8-14)13-19-11-15-4-6-17(19)9-15/h3-6,14-19H,1-2,7-13H2,(H,23,24)(H,25,26)/p-2. The van der Waals surface area contributed by atoms with E-state index in [0.717, 1.165) is 25.7 Å². The number of carbonyl (C=O) groups is 2. The van der Waals surface area contributed by atoms with Gasteiger partial charge in [-0.25, -0.2) is 0 Å². The molecule has 6 atom stereocenters. The molecular formula is C22H28O4-2. The van der Waals surface area contributed by atoms with E-state index in [4.69, 9.17) is 0 Å². The van der Waals surface area contributed by atoms with E-state index in [2.05, 4.69) is 24.3 Å². The summed E-state index contributed by atoms with van der Waals surface area (Å²) in [5.74, 6) is 0.966. The summed E-state index contributed by atoms with van der Waals surface area (Å²) in [5, 5.41) is 23.2. The first-order valence-electron chi connectivity index (χ1n) is 10.2. The van der Waals surface area contributed by atoms with Crippen molar-refractivity contribution in [1.29, 1.82) is 0 Å². The highest BCUT2D eigenvalue weighted by molar-refractivity contribution is 5.72. The summed E-state index contributed by atoms with van der Waals surface area (Å²) in [7, 11) is 0. The lowest BCUT2D eigenvalue weighted by Gasteiger charge is -2.41. The van der Waals surface area contributed by atoms with Gasteiger partial charge < -0.3 is 19.8 Å². The van der Waals surface area contributed by atoms with Crippen LogP contribution in [0.4, 0.5) is 0 Å². The molecule has 4 rings (SSSR count). The topological polar surface area (TPSA) is 80.3 Å². The van der Waals surface area contributed by atoms with Crippen LogP contribution in [0.1, 0.15) is 57.8 Å². The van der Waals surface area contributed by atoms with Crippen LogP contribution in [0, 0.1) is 40.9 Å². The van der Waals surface area contributed by atoms with Crippen LogP contribution < -0.4 is 10.2 Å². The third-order valence-electron chi connectivity index (χ3n) is 7.61. The van der Waals surface area contributed by atoms with Crippen molar-refractivity contribution in [3.8, 4) is 0 Å². The molecule has 0 spiro atoms. The summed E-state index contributed by atoms with van der Waals surface area (Å²) in [6, 6.07) is 0. The van der Waals surface area contributed by atoms with Crippen molar-refractivity contribution in [3.63, 3.8) is 0 Å². The molecule has 26 heavy (non-hydrogen) atoms. The molecule has 142 valence electrons. The minimum absolute atomic E-state index is 0.0672. The van der Waals surface area contributed by atoms with Gasteiger partial charge in [0.15, 0.2) is 0 Å². The minimum atomic E-state index is -1.09. The molecule has 0 aromatic heterocycles. The Bertz CT molecular complexity index is 598. The van der Waals surface area contributed by atoms with Crippen LogP contribution in [0.25, 0.3) is 0 Å². The van der Waals surface area contributed by atoms with E-state index in [-0.39, 0.29) is 6.42 Å². The molecule has 6 unspecified atom stereocenters. The zero-order chi connectivity index (χ0) is 18.3. The summed E-state index contributed by atoms with van der Waals surface area (Å²) in [6.07, 6.45) is 15.5. The van der Waals surface area contributed by atoms with E-state index < -0.39 is 17.4 Å². The maximum absolute atomic E-state index is 12.4. The number of carboxylic acid groups (broad SMARTS) is 2. The van der Waals surface area contributed by atoms with Gasteiger partial charge in [0.1, 0.15) is 0 Å². The lowest BCUT2D eigenvalue weighted by Crippen LogP contribution is -2.46. The number of allylic oxidation sites excluding steroid dienone is 4. The smallest absolute Gasteiger partial charge is 0.0476 e. The summed E-state index contributed by atoms with van der Waals surface area (Å²) in [4.78, 5) is 23.2. The van der Waals surface area contributed by atoms with Gasteiger partial charge in [0.25, 0.3) is 0 Å². The first kappa shape index (κ1) is 17.8.